The zero-order valence-electron chi connectivity index (χ0n) is 15.3. The summed E-state index contributed by atoms with van der Waals surface area (Å²) in [7, 11) is 1.70. The van der Waals surface area contributed by atoms with Crippen molar-refractivity contribution in [1.82, 2.24) is 10.6 Å². The number of rotatable bonds is 7. The van der Waals surface area contributed by atoms with Crippen LogP contribution in [0.3, 0.4) is 0 Å². The number of ether oxygens (including phenoxy) is 1. The number of thioether (sulfide) groups is 1. The minimum Gasteiger partial charge on any atom is -0.496 e. The van der Waals surface area contributed by atoms with E-state index in [4.69, 9.17) is 4.74 Å². The Hall–Kier alpha value is -0.670. The smallest absolute Gasteiger partial charge is 0.191 e. The number of halogens is 1. The molecule has 7 heteroatoms. The first kappa shape index (κ1) is 22.4. The highest BCUT2D eigenvalue weighted by Crippen LogP contribution is 2.27. The minimum absolute atomic E-state index is 0. The van der Waals surface area contributed by atoms with Gasteiger partial charge in [-0.05, 0) is 49.6 Å². The Morgan fingerprint density at radius 2 is 2.20 bits per heavy atom. The average molecular weight is 479 g/mol. The van der Waals surface area contributed by atoms with Crippen LogP contribution in [0.4, 0.5) is 0 Å². The second-order valence-electron chi connectivity index (χ2n) is 6.20. The van der Waals surface area contributed by atoms with Crippen molar-refractivity contribution in [2.45, 2.75) is 32.3 Å². The number of benzene rings is 1. The third kappa shape index (κ3) is 7.22. The molecule has 1 aromatic rings. The molecule has 1 aliphatic heterocycles. The van der Waals surface area contributed by atoms with E-state index in [1.165, 1.54) is 5.56 Å². The second-order valence-corrected chi connectivity index (χ2v) is 7.31. The maximum absolute atomic E-state index is 10.4. The molecule has 1 fully saturated rings. The molecular formula is C18H30IN3O2S. The molecule has 0 bridgehead atoms. The molecule has 25 heavy (non-hydrogen) atoms. The van der Waals surface area contributed by atoms with Gasteiger partial charge >= 0.3 is 0 Å². The van der Waals surface area contributed by atoms with E-state index in [1.54, 1.807) is 18.9 Å². The molecule has 1 heterocycles. The molecule has 0 radical (unpaired) electrons. The fourth-order valence-corrected chi connectivity index (χ4v) is 3.92. The Labute approximate surface area is 172 Å². The molecule has 0 saturated carbocycles. The zero-order chi connectivity index (χ0) is 17.4. The molecule has 1 atom stereocenters. The molecule has 1 aromatic carbocycles. The molecule has 0 amide bonds. The fourth-order valence-electron chi connectivity index (χ4n) is 2.63. The van der Waals surface area contributed by atoms with Gasteiger partial charge in [0.05, 0.1) is 19.3 Å². The molecule has 1 unspecified atom stereocenters. The van der Waals surface area contributed by atoms with Crippen LogP contribution in [0.5, 0.6) is 5.75 Å². The lowest BCUT2D eigenvalue weighted by molar-refractivity contribution is 0.0778. The van der Waals surface area contributed by atoms with Gasteiger partial charge in [-0.15, -0.1) is 24.0 Å². The molecular weight excluding hydrogens is 449 g/mol. The molecule has 0 aromatic heterocycles. The first-order chi connectivity index (χ1) is 11.6. The van der Waals surface area contributed by atoms with Crippen molar-refractivity contribution >= 4 is 41.7 Å². The topological polar surface area (TPSA) is 65.9 Å². The summed E-state index contributed by atoms with van der Waals surface area (Å²) < 4.78 is 5.37. The fraction of sp³-hybridized carbons (Fsp3) is 0.611. The Kier molecular flexibility index (Phi) is 9.96. The lowest BCUT2D eigenvalue weighted by Gasteiger charge is -2.19. The number of methoxy groups -OCH3 is 1. The van der Waals surface area contributed by atoms with Crippen LogP contribution in [0.1, 0.15) is 24.5 Å². The third-order valence-electron chi connectivity index (χ3n) is 4.14. The van der Waals surface area contributed by atoms with Crippen LogP contribution < -0.4 is 15.4 Å². The van der Waals surface area contributed by atoms with Gasteiger partial charge in [0.15, 0.2) is 5.96 Å². The Balaban J connectivity index is 0.00000312. The number of aliphatic imine (C=N–C) groups is 1. The normalized spacial score (nSPS) is 20.1. The Bertz CT molecular complexity index is 563. The van der Waals surface area contributed by atoms with E-state index in [-0.39, 0.29) is 24.0 Å². The molecule has 142 valence electrons. The second kappa shape index (κ2) is 11.1. The lowest BCUT2D eigenvalue weighted by atomic mass is 10.1. The van der Waals surface area contributed by atoms with Crippen molar-refractivity contribution in [3.63, 3.8) is 0 Å². The van der Waals surface area contributed by atoms with Crippen LogP contribution in [-0.4, -0.2) is 54.9 Å². The SMILES string of the molecule is CCNC(=NCC1(O)CCSC1)NCCc1ccc(C)c(OC)c1.I. The minimum atomic E-state index is -0.642. The van der Waals surface area contributed by atoms with Gasteiger partial charge in [0, 0.05) is 18.8 Å². The largest absolute Gasteiger partial charge is 0.496 e. The summed E-state index contributed by atoms with van der Waals surface area (Å²) in [5.41, 5.74) is 1.73. The summed E-state index contributed by atoms with van der Waals surface area (Å²) in [5, 5.41) is 17.0. The highest BCUT2D eigenvalue weighted by atomic mass is 127. The first-order valence-corrected chi connectivity index (χ1v) is 9.67. The highest BCUT2D eigenvalue weighted by Gasteiger charge is 2.31. The van der Waals surface area contributed by atoms with Crippen LogP contribution in [0.25, 0.3) is 0 Å². The number of guanidine groups is 1. The number of aliphatic hydroxyl groups is 1. The number of hydrogen-bond donors (Lipinski definition) is 3. The molecule has 1 saturated heterocycles. The standard InChI is InChI=1S/C18H29N3O2S.HI/c1-4-19-17(21-12-18(22)8-10-24-13-18)20-9-7-15-6-5-14(2)16(11-15)23-3;/h5-6,11,22H,4,7-10,12-13H2,1-3H3,(H2,19,20,21);1H. The van der Waals surface area contributed by atoms with E-state index < -0.39 is 5.60 Å². The molecule has 3 N–H and O–H groups in total. The van der Waals surface area contributed by atoms with Crippen molar-refractivity contribution in [1.29, 1.82) is 0 Å². The molecule has 2 rings (SSSR count). The van der Waals surface area contributed by atoms with E-state index in [0.717, 1.165) is 54.7 Å². The van der Waals surface area contributed by atoms with Crippen LogP contribution in [0.2, 0.25) is 0 Å². The summed E-state index contributed by atoms with van der Waals surface area (Å²) in [6.45, 7) is 6.13. The van der Waals surface area contributed by atoms with E-state index in [9.17, 15) is 5.11 Å². The molecule has 0 aliphatic carbocycles. The maximum Gasteiger partial charge on any atom is 0.191 e. The summed E-state index contributed by atoms with van der Waals surface area (Å²) in [6.07, 6.45) is 1.71. The molecule has 0 spiro atoms. The predicted molar refractivity (Wildman–Crippen MR) is 118 cm³/mol. The van der Waals surface area contributed by atoms with E-state index in [2.05, 4.69) is 33.8 Å². The van der Waals surface area contributed by atoms with E-state index in [1.807, 2.05) is 13.8 Å². The Morgan fingerprint density at radius 3 is 2.84 bits per heavy atom. The van der Waals surface area contributed by atoms with Gasteiger partial charge in [0.1, 0.15) is 5.75 Å². The summed E-state index contributed by atoms with van der Waals surface area (Å²) in [6, 6.07) is 6.29. The van der Waals surface area contributed by atoms with Crippen LogP contribution in [0, 0.1) is 6.92 Å². The zero-order valence-corrected chi connectivity index (χ0v) is 18.4. The quantitative estimate of drug-likeness (QED) is 0.319. The van der Waals surface area contributed by atoms with Gasteiger partial charge in [-0.3, -0.25) is 4.99 Å². The molecule has 1 aliphatic rings. The van der Waals surface area contributed by atoms with Crippen molar-refractivity contribution in [3.8, 4) is 5.75 Å². The van der Waals surface area contributed by atoms with Gasteiger partial charge in [-0.1, -0.05) is 12.1 Å². The average Bonchev–Trinajstić information content (AvgIpc) is 3.01. The van der Waals surface area contributed by atoms with Crippen molar-refractivity contribution in [2.75, 3.05) is 38.2 Å². The Morgan fingerprint density at radius 1 is 1.40 bits per heavy atom. The van der Waals surface area contributed by atoms with Gasteiger partial charge in [0.25, 0.3) is 0 Å². The summed E-state index contributed by atoms with van der Waals surface area (Å²) in [5.74, 6) is 3.49. The van der Waals surface area contributed by atoms with Crippen molar-refractivity contribution < 1.29 is 9.84 Å². The summed E-state index contributed by atoms with van der Waals surface area (Å²) in [4.78, 5) is 4.55. The number of hydrogen-bond acceptors (Lipinski definition) is 4. The van der Waals surface area contributed by atoms with E-state index >= 15 is 0 Å². The van der Waals surface area contributed by atoms with Gasteiger partial charge in [0.2, 0.25) is 0 Å². The van der Waals surface area contributed by atoms with Crippen molar-refractivity contribution in [2.24, 2.45) is 4.99 Å². The number of aryl methyl sites for hydroxylation is 1. The monoisotopic (exact) mass is 479 g/mol. The first-order valence-electron chi connectivity index (χ1n) is 8.52. The lowest BCUT2D eigenvalue weighted by Crippen LogP contribution is -2.40. The number of nitrogens with one attached hydrogen (secondary N) is 2. The van der Waals surface area contributed by atoms with Crippen LogP contribution >= 0.6 is 35.7 Å². The molecule has 5 nitrogen and oxygen atoms in total. The van der Waals surface area contributed by atoms with Crippen LogP contribution in [0.15, 0.2) is 23.2 Å². The van der Waals surface area contributed by atoms with E-state index in [0.29, 0.717) is 6.54 Å². The van der Waals surface area contributed by atoms with Crippen molar-refractivity contribution in [3.05, 3.63) is 29.3 Å². The van der Waals surface area contributed by atoms with Crippen LogP contribution in [-0.2, 0) is 6.42 Å². The number of nitrogens with zero attached hydrogens (tertiary/aromatic N) is 1. The summed E-state index contributed by atoms with van der Waals surface area (Å²) >= 11 is 1.79. The van der Waals surface area contributed by atoms with Gasteiger partial charge < -0.3 is 20.5 Å². The van der Waals surface area contributed by atoms with Gasteiger partial charge in [-0.25, -0.2) is 0 Å². The third-order valence-corrected chi connectivity index (χ3v) is 5.37. The highest BCUT2D eigenvalue weighted by molar-refractivity contribution is 14.0. The maximum atomic E-state index is 10.4. The van der Waals surface area contributed by atoms with Gasteiger partial charge in [-0.2, -0.15) is 11.8 Å². The predicted octanol–water partition coefficient (Wildman–Crippen LogP) is 2.59.